The highest BCUT2D eigenvalue weighted by atomic mass is 19.1. The topological polar surface area (TPSA) is 59.2 Å². The molecule has 0 saturated carbocycles. The lowest BCUT2D eigenvalue weighted by Gasteiger charge is -2.11. The Morgan fingerprint density at radius 2 is 1.90 bits per heavy atom. The average molecular weight is 282 g/mol. The van der Waals surface area contributed by atoms with Crippen LogP contribution in [0.5, 0.6) is 0 Å². The number of hydrogen-bond acceptors (Lipinski definition) is 4. The van der Waals surface area contributed by atoms with Gasteiger partial charge in [0.05, 0.1) is 12.0 Å². The molecule has 1 aromatic carbocycles. The fraction of sp³-hybridized carbons (Fsp3) is 0.429. The fourth-order valence-corrected chi connectivity index (χ4v) is 1.94. The van der Waals surface area contributed by atoms with Crippen LogP contribution in [0, 0.1) is 11.6 Å². The van der Waals surface area contributed by atoms with Gasteiger partial charge in [0.1, 0.15) is 11.6 Å². The lowest BCUT2D eigenvalue weighted by atomic mass is 10.0. The van der Waals surface area contributed by atoms with E-state index < -0.39 is 17.7 Å². The Kier molecular flexibility index (Phi) is 4.44. The number of aromatic nitrogens is 2. The van der Waals surface area contributed by atoms with Crippen LogP contribution in [0.25, 0.3) is 0 Å². The predicted molar refractivity (Wildman–Crippen MR) is 68.2 cm³/mol. The van der Waals surface area contributed by atoms with Gasteiger partial charge in [-0.15, -0.1) is 0 Å². The third-order valence-electron chi connectivity index (χ3n) is 3.15. The zero-order valence-electron chi connectivity index (χ0n) is 11.3. The minimum Gasteiger partial charge on any atom is -0.392 e. The van der Waals surface area contributed by atoms with Gasteiger partial charge in [-0.1, -0.05) is 19.0 Å². The molecule has 2 atom stereocenters. The van der Waals surface area contributed by atoms with Gasteiger partial charge in [-0.3, -0.25) is 0 Å². The van der Waals surface area contributed by atoms with Gasteiger partial charge < -0.3 is 9.63 Å². The van der Waals surface area contributed by atoms with E-state index in [4.69, 9.17) is 4.52 Å². The fourth-order valence-electron chi connectivity index (χ4n) is 1.94. The highest BCUT2D eigenvalue weighted by Crippen LogP contribution is 2.20. The maximum atomic E-state index is 13.1. The average Bonchev–Trinajstić information content (AvgIpc) is 2.84. The van der Waals surface area contributed by atoms with Gasteiger partial charge >= 0.3 is 0 Å². The first-order valence-corrected chi connectivity index (χ1v) is 6.45. The molecule has 6 heteroatoms. The Labute approximate surface area is 115 Å². The van der Waals surface area contributed by atoms with Crippen molar-refractivity contribution < 1.29 is 18.4 Å². The zero-order valence-corrected chi connectivity index (χ0v) is 11.3. The monoisotopic (exact) mass is 282 g/mol. The Morgan fingerprint density at radius 1 is 1.25 bits per heavy atom. The van der Waals surface area contributed by atoms with Crippen LogP contribution in [0.4, 0.5) is 8.78 Å². The van der Waals surface area contributed by atoms with Crippen molar-refractivity contribution in [3.05, 3.63) is 47.1 Å². The summed E-state index contributed by atoms with van der Waals surface area (Å²) in [5.74, 6) is -0.895. The molecule has 2 rings (SSSR count). The van der Waals surface area contributed by atoms with Crippen molar-refractivity contribution in [3.63, 3.8) is 0 Å². The Balaban J connectivity index is 2.13. The van der Waals surface area contributed by atoms with Gasteiger partial charge in [-0.2, -0.15) is 4.98 Å². The molecular weight excluding hydrogens is 266 g/mol. The second kappa shape index (κ2) is 6.09. The number of aliphatic hydroxyl groups is 1. The molecule has 1 heterocycles. The number of halogens is 2. The molecule has 0 fully saturated rings. The van der Waals surface area contributed by atoms with E-state index in [-0.39, 0.29) is 12.3 Å². The molecular formula is C14H16F2N2O2. The summed E-state index contributed by atoms with van der Waals surface area (Å²) in [7, 11) is 0. The second-order valence-corrected chi connectivity index (χ2v) is 4.77. The van der Waals surface area contributed by atoms with Crippen LogP contribution in [0.3, 0.4) is 0 Å². The molecule has 1 aromatic heterocycles. The first kappa shape index (κ1) is 14.6. The van der Waals surface area contributed by atoms with E-state index in [9.17, 15) is 13.9 Å². The first-order valence-electron chi connectivity index (χ1n) is 6.45. The molecule has 2 aromatic rings. The molecule has 0 bridgehead atoms. The Hall–Kier alpha value is -1.82. The van der Waals surface area contributed by atoms with E-state index in [1.165, 1.54) is 12.1 Å². The maximum Gasteiger partial charge on any atom is 0.232 e. The van der Waals surface area contributed by atoms with Crippen molar-refractivity contribution in [1.29, 1.82) is 0 Å². The van der Waals surface area contributed by atoms with Crippen molar-refractivity contribution in [1.82, 2.24) is 10.1 Å². The van der Waals surface area contributed by atoms with Gasteiger partial charge in [0.25, 0.3) is 0 Å². The van der Waals surface area contributed by atoms with Gasteiger partial charge in [-0.25, -0.2) is 8.78 Å². The highest BCUT2D eigenvalue weighted by molar-refractivity contribution is 5.21. The highest BCUT2D eigenvalue weighted by Gasteiger charge is 2.21. The molecule has 0 spiro atoms. The van der Waals surface area contributed by atoms with Gasteiger partial charge in [0.15, 0.2) is 5.82 Å². The number of benzene rings is 1. The van der Waals surface area contributed by atoms with Gasteiger partial charge in [-0.05, 0) is 24.1 Å². The van der Waals surface area contributed by atoms with E-state index in [0.29, 0.717) is 23.7 Å². The summed E-state index contributed by atoms with van der Waals surface area (Å²) in [6.07, 6.45) is 0.191. The quantitative estimate of drug-likeness (QED) is 0.916. The normalized spacial score (nSPS) is 14.2. The number of hydrogen-bond donors (Lipinski definition) is 1. The summed E-state index contributed by atoms with van der Waals surface area (Å²) >= 11 is 0. The number of aliphatic hydroxyl groups excluding tert-OH is 1. The second-order valence-electron chi connectivity index (χ2n) is 4.77. The molecule has 0 aliphatic heterocycles. The van der Waals surface area contributed by atoms with Crippen LogP contribution >= 0.6 is 0 Å². The van der Waals surface area contributed by atoms with Crippen molar-refractivity contribution in [2.75, 3.05) is 0 Å². The summed E-state index contributed by atoms with van der Waals surface area (Å²) < 4.78 is 31.2. The molecule has 0 aliphatic carbocycles. The van der Waals surface area contributed by atoms with Crippen molar-refractivity contribution in [2.24, 2.45) is 0 Å². The summed E-state index contributed by atoms with van der Waals surface area (Å²) in [5, 5.41) is 13.5. The van der Waals surface area contributed by atoms with Gasteiger partial charge in [0.2, 0.25) is 5.89 Å². The summed E-state index contributed by atoms with van der Waals surface area (Å²) in [4.78, 5) is 4.15. The van der Waals surface area contributed by atoms with Crippen molar-refractivity contribution in [3.8, 4) is 0 Å². The largest absolute Gasteiger partial charge is 0.392 e. The minimum atomic E-state index is -0.640. The van der Waals surface area contributed by atoms with Crippen molar-refractivity contribution in [2.45, 2.75) is 38.7 Å². The summed E-state index contributed by atoms with van der Waals surface area (Å²) in [6.45, 7) is 3.64. The molecule has 2 unspecified atom stereocenters. The van der Waals surface area contributed by atoms with Crippen LogP contribution in [0.2, 0.25) is 0 Å². The minimum absolute atomic E-state index is 0.174. The van der Waals surface area contributed by atoms with E-state index in [2.05, 4.69) is 10.1 Å². The molecule has 0 amide bonds. The number of nitrogens with zero attached hydrogens (tertiary/aromatic N) is 2. The van der Waals surface area contributed by atoms with Crippen LogP contribution in [0.1, 0.15) is 43.5 Å². The van der Waals surface area contributed by atoms with Crippen LogP contribution < -0.4 is 0 Å². The SMILES string of the molecule is CCC(O)C(C)c1nc(Cc2cc(F)cc(F)c2)no1. The van der Waals surface area contributed by atoms with E-state index in [0.717, 1.165) is 6.07 Å². The molecule has 0 aliphatic rings. The number of rotatable bonds is 5. The third kappa shape index (κ3) is 3.39. The van der Waals surface area contributed by atoms with E-state index in [1.54, 1.807) is 6.92 Å². The van der Waals surface area contributed by atoms with Crippen LogP contribution in [0.15, 0.2) is 22.7 Å². The van der Waals surface area contributed by atoms with Gasteiger partial charge in [0, 0.05) is 12.5 Å². The molecule has 4 nitrogen and oxygen atoms in total. The van der Waals surface area contributed by atoms with E-state index >= 15 is 0 Å². The molecule has 1 N–H and O–H groups in total. The first-order chi connectivity index (χ1) is 9.49. The van der Waals surface area contributed by atoms with Crippen LogP contribution in [-0.2, 0) is 6.42 Å². The Bertz CT molecular complexity index is 566. The maximum absolute atomic E-state index is 13.1. The zero-order chi connectivity index (χ0) is 14.7. The lowest BCUT2D eigenvalue weighted by molar-refractivity contribution is 0.129. The molecule has 20 heavy (non-hydrogen) atoms. The van der Waals surface area contributed by atoms with Crippen LogP contribution in [-0.4, -0.2) is 21.4 Å². The molecule has 0 radical (unpaired) electrons. The summed E-state index contributed by atoms with van der Waals surface area (Å²) in [5.41, 5.74) is 0.429. The molecule has 108 valence electrons. The third-order valence-corrected chi connectivity index (χ3v) is 3.15. The van der Waals surface area contributed by atoms with E-state index in [1.807, 2.05) is 6.92 Å². The lowest BCUT2D eigenvalue weighted by Crippen LogP contribution is -2.14. The smallest absolute Gasteiger partial charge is 0.232 e. The summed E-state index contributed by atoms with van der Waals surface area (Å²) in [6, 6.07) is 3.26. The molecule has 0 saturated heterocycles. The predicted octanol–water partition coefficient (Wildman–Crippen LogP) is 2.81. The Morgan fingerprint density at radius 3 is 2.50 bits per heavy atom. The standard InChI is InChI=1S/C14H16F2N2O2/c1-3-12(19)8(2)14-17-13(18-20-14)6-9-4-10(15)7-11(16)5-9/h4-5,7-8,12,19H,3,6H2,1-2H3. The van der Waals surface area contributed by atoms with Crippen molar-refractivity contribution >= 4 is 0 Å².